The van der Waals surface area contributed by atoms with E-state index >= 15 is 0 Å². The molecule has 0 aliphatic rings. The zero-order valence-electron chi connectivity index (χ0n) is 55.0. The lowest BCUT2D eigenvalue weighted by molar-refractivity contribution is -0.167. The number of carbonyl (C=O) groups excluding carboxylic acids is 3. The molecule has 0 aliphatic carbocycles. The molecule has 0 aromatic rings. The van der Waals surface area contributed by atoms with E-state index in [1.165, 1.54) is 263 Å². The molecule has 6 heteroatoms. The Kier molecular flexibility index (Phi) is 68.1. The minimum Gasteiger partial charge on any atom is -0.462 e. The summed E-state index contributed by atoms with van der Waals surface area (Å²) >= 11 is 0. The summed E-state index contributed by atoms with van der Waals surface area (Å²) in [5.74, 6) is -0.868. The molecule has 0 aliphatic heterocycles. The van der Waals surface area contributed by atoms with Gasteiger partial charge >= 0.3 is 17.9 Å². The second-order valence-corrected chi connectivity index (χ2v) is 24.5. The van der Waals surface area contributed by atoms with E-state index < -0.39 is 6.10 Å². The SMILES string of the molecule is CCCCCC/C=C\C/C=C\CCCCCCCC(=O)OCC(COC(=O)CCCCCCCCCCCCCCC/C=C\C/C=C\CCCCCCC)OC(=O)CCCCCCCCCCCCC/C=C\CCCCCCCCCC. The molecule has 0 saturated heterocycles. The van der Waals surface area contributed by atoms with E-state index in [9.17, 15) is 14.4 Å². The van der Waals surface area contributed by atoms with Crippen LogP contribution in [0.1, 0.15) is 387 Å². The van der Waals surface area contributed by atoms with Crippen molar-refractivity contribution in [2.45, 2.75) is 393 Å². The fourth-order valence-corrected chi connectivity index (χ4v) is 10.7. The van der Waals surface area contributed by atoms with Crippen molar-refractivity contribution in [2.24, 2.45) is 0 Å². The Morgan fingerprint density at radius 3 is 0.695 bits per heavy atom. The van der Waals surface area contributed by atoms with Gasteiger partial charge in [0.05, 0.1) is 0 Å². The van der Waals surface area contributed by atoms with Crippen LogP contribution in [0.3, 0.4) is 0 Å². The zero-order chi connectivity index (χ0) is 59.2. The lowest BCUT2D eigenvalue weighted by Gasteiger charge is -2.18. The topological polar surface area (TPSA) is 78.9 Å². The minimum atomic E-state index is -0.782. The monoisotopic (exact) mass is 1150 g/mol. The first-order valence-corrected chi connectivity index (χ1v) is 36.3. The minimum absolute atomic E-state index is 0.0765. The van der Waals surface area contributed by atoms with Crippen LogP contribution in [0.5, 0.6) is 0 Å². The fraction of sp³-hybridized carbons (Fsp3) is 0.829. The van der Waals surface area contributed by atoms with Gasteiger partial charge in [-0.05, 0) is 109 Å². The summed E-state index contributed by atoms with van der Waals surface area (Å²) < 4.78 is 17.0. The van der Waals surface area contributed by atoms with Crippen LogP contribution in [0, 0.1) is 0 Å². The van der Waals surface area contributed by atoms with E-state index in [1.807, 2.05) is 0 Å². The Hall–Kier alpha value is -2.89. The third kappa shape index (κ3) is 67.9. The van der Waals surface area contributed by atoms with Crippen molar-refractivity contribution in [1.29, 1.82) is 0 Å². The summed E-state index contributed by atoms with van der Waals surface area (Å²) in [4.78, 5) is 38.5. The number of ether oxygens (including phenoxy) is 3. The molecule has 0 fully saturated rings. The van der Waals surface area contributed by atoms with Crippen LogP contribution in [0.4, 0.5) is 0 Å². The van der Waals surface area contributed by atoms with Crippen molar-refractivity contribution >= 4 is 17.9 Å². The van der Waals surface area contributed by atoms with Gasteiger partial charge in [0.2, 0.25) is 0 Å². The van der Waals surface area contributed by atoms with Gasteiger partial charge in [-0.3, -0.25) is 14.4 Å². The Balaban J connectivity index is 4.31. The van der Waals surface area contributed by atoms with E-state index in [2.05, 4.69) is 81.5 Å². The lowest BCUT2D eigenvalue weighted by Crippen LogP contribution is -2.30. The fourth-order valence-electron chi connectivity index (χ4n) is 10.7. The molecule has 0 aromatic carbocycles. The highest BCUT2D eigenvalue weighted by molar-refractivity contribution is 5.71. The second-order valence-electron chi connectivity index (χ2n) is 24.5. The molecular formula is C76H138O6. The maximum atomic E-state index is 13.0. The molecule has 478 valence electrons. The Labute approximate surface area is 510 Å². The van der Waals surface area contributed by atoms with Crippen molar-refractivity contribution in [1.82, 2.24) is 0 Å². The Morgan fingerprint density at radius 1 is 0.244 bits per heavy atom. The maximum absolute atomic E-state index is 13.0. The standard InChI is InChI=1S/C76H138O6/c1-4-7-10-13-16-19-22-25-28-31-33-35-37-38-40-41-43-45-48-51-54-57-60-63-66-69-75(78)81-72-73(71-80-74(77)68-65-62-59-56-53-50-47-30-27-24-21-18-15-12-9-6-3)82-76(79)70-67-64-61-58-55-52-49-46-44-42-39-36-34-32-29-26-23-20-17-14-11-8-5-2/h21-22,24-25,30-34,47,73H,4-20,23,26-29,35-46,48-72H2,1-3H3/b24-21-,25-22-,33-31-,34-32-,47-30-. The van der Waals surface area contributed by atoms with Gasteiger partial charge in [-0.2, -0.15) is 0 Å². The van der Waals surface area contributed by atoms with Crippen LogP contribution in [0.2, 0.25) is 0 Å². The summed E-state index contributed by atoms with van der Waals surface area (Å²) in [6, 6.07) is 0. The summed E-state index contributed by atoms with van der Waals surface area (Å²) in [6.45, 7) is 6.66. The van der Waals surface area contributed by atoms with Gasteiger partial charge in [-0.25, -0.2) is 0 Å². The first kappa shape index (κ1) is 79.1. The van der Waals surface area contributed by atoms with E-state index in [4.69, 9.17) is 14.2 Å². The van der Waals surface area contributed by atoms with E-state index in [0.717, 1.165) is 83.5 Å². The molecule has 0 N–H and O–H groups in total. The molecule has 1 atom stereocenters. The van der Waals surface area contributed by atoms with Crippen LogP contribution >= 0.6 is 0 Å². The van der Waals surface area contributed by atoms with Gasteiger partial charge in [-0.1, -0.05) is 319 Å². The van der Waals surface area contributed by atoms with Gasteiger partial charge in [-0.15, -0.1) is 0 Å². The van der Waals surface area contributed by atoms with Gasteiger partial charge in [0.1, 0.15) is 13.2 Å². The Bertz CT molecular complexity index is 1460. The molecule has 0 heterocycles. The molecule has 82 heavy (non-hydrogen) atoms. The number of hydrogen-bond acceptors (Lipinski definition) is 6. The molecule has 0 spiro atoms. The Morgan fingerprint density at radius 2 is 0.439 bits per heavy atom. The van der Waals surface area contributed by atoms with Crippen LogP contribution < -0.4 is 0 Å². The van der Waals surface area contributed by atoms with Gasteiger partial charge in [0.15, 0.2) is 6.10 Å². The first-order chi connectivity index (χ1) is 40.5. The largest absolute Gasteiger partial charge is 0.462 e. The highest BCUT2D eigenvalue weighted by Gasteiger charge is 2.19. The number of hydrogen-bond donors (Lipinski definition) is 0. The van der Waals surface area contributed by atoms with Gasteiger partial charge < -0.3 is 14.2 Å². The van der Waals surface area contributed by atoms with Gasteiger partial charge in [0, 0.05) is 19.3 Å². The van der Waals surface area contributed by atoms with Crippen molar-refractivity contribution in [3.63, 3.8) is 0 Å². The quantitative estimate of drug-likeness (QED) is 0.0261. The molecule has 0 saturated carbocycles. The highest BCUT2D eigenvalue weighted by Crippen LogP contribution is 2.18. The van der Waals surface area contributed by atoms with Crippen molar-refractivity contribution < 1.29 is 28.6 Å². The number of allylic oxidation sites excluding steroid dienone is 10. The molecule has 0 aromatic heterocycles. The highest BCUT2D eigenvalue weighted by atomic mass is 16.6. The van der Waals surface area contributed by atoms with Crippen LogP contribution in [0.15, 0.2) is 60.8 Å². The molecule has 0 bridgehead atoms. The van der Waals surface area contributed by atoms with Crippen molar-refractivity contribution in [3.8, 4) is 0 Å². The predicted octanol–water partition coefficient (Wildman–Crippen LogP) is 25.1. The average Bonchev–Trinajstić information content (AvgIpc) is 3.48. The van der Waals surface area contributed by atoms with Crippen LogP contribution in [0.25, 0.3) is 0 Å². The summed E-state index contributed by atoms with van der Waals surface area (Å²) in [7, 11) is 0. The number of rotatable bonds is 67. The summed E-state index contributed by atoms with van der Waals surface area (Å²) in [6.07, 6.45) is 91.0. The predicted molar refractivity (Wildman–Crippen MR) is 358 cm³/mol. The smallest absolute Gasteiger partial charge is 0.306 e. The normalized spacial score (nSPS) is 12.4. The van der Waals surface area contributed by atoms with E-state index in [-0.39, 0.29) is 31.1 Å². The van der Waals surface area contributed by atoms with E-state index in [1.54, 1.807) is 0 Å². The molecular weight excluding hydrogens is 1010 g/mol. The molecule has 0 radical (unpaired) electrons. The number of esters is 3. The molecule has 0 amide bonds. The summed E-state index contributed by atoms with van der Waals surface area (Å²) in [5, 5.41) is 0. The van der Waals surface area contributed by atoms with E-state index in [0.29, 0.717) is 19.3 Å². The van der Waals surface area contributed by atoms with Crippen molar-refractivity contribution in [3.05, 3.63) is 60.8 Å². The lowest BCUT2D eigenvalue weighted by atomic mass is 10.0. The summed E-state index contributed by atoms with van der Waals surface area (Å²) in [5.41, 5.74) is 0. The number of carbonyl (C=O) groups is 3. The first-order valence-electron chi connectivity index (χ1n) is 36.3. The molecule has 0 rings (SSSR count). The number of unbranched alkanes of at least 4 members (excludes halogenated alkanes) is 46. The third-order valence-electron chi connectivity index (χ3n) is 16.2. The molecule has 6 nitrogen and oxygen atoms in total. The van der Waals surface area contributed by atoms with Gasteiger partial charge in [0.25, 0.3) is 0 Å². The maximum Gasteiger partial charge on any atom is 0.306 e. The third-order valence-corrected chi connectivity index (χ3v) is 16.2. The second kappa shape index (κ2) is 70.6. The average molecular weight is 1150 g/mol. The van der Waals surface area contributed by atoms with Crippen LogP contribution in [-0.2, 0) is 28.6 Å². The van der Waals surface area contributed by atoms with Crippen molar-refractivity contribution in [2.75, 3.05) is 13.2 Å². The zero-order valence-corrected chi connectivity index (χ0v) is 55.0. The van der Waals surface area contributed by atoms with Crippen LogP contribution in [-0.4, -0.2) is 37.2 Å². The molecule has 1 unspecified atom stereocenters.